The summed E-state index contributed by atoms with van der Waals surface area (Å²) in [5.41, 5.74) is 3.20. The Hall–Kier alpha value is -2.17. The van der Waals surface area contributed by atoms with Crippen LogP contribution in [0.15, 0.2) is 36.5 Å². The number of nitriles is 1. The lowest BCUT2D eigenvalue weighted by Crippen LogP contribution is -2.51. The predicted molar refractivity (Wildman–Crippen MR) is 97.7 cm³/mol. The molecule has 2 aliphatic carbocycles. The van der Waals surface area contributed by atoms with Crippen molar-refractivity contribution in [2.75, 3.05) is 0 Å². The van der Waals surface area contributed by atoms with Crippen LogP contribution in [0.4, 0.5) is 0 Å². The summed E-state index contributed by atoms with van der Waals surface area (Å²) in [7, 11) is -3.68. The van der Waals surface area contributed by atoms with E-state index in [0.29, 0.717) is 19.4 Å². The molecule has 136 valence electrons. The van der Waals surface area contributed by atoms with Gasteiger partial charge in [0.2, 0.25) is 10.0 Å². The van der Waals surface area contributed by atoms with Crippen molar-refractivity contribution in [3.8, 4) is 6.07 Å². The van der Waals surface area contributed by atoms with E-state index < -0.39 is 14.8 Å². The summed E-state index contributed by atoms with van der Waals surface area (Å²) in [6, 6.07) is 11.9. The molecule has 6 nitrogen and oxygen atoms in total. The fraction of sp³-hybridized carbons (Fsp3) is 0.474. The third-order valence-corrected chi connectivity index (χ3v) is 7.74. The van der Waals surface area contributed by atoms with Crippen molar-refractivity contribution in [1.29, 1.82) is 5.26 Å². The smallest absolute Gasteiger partial charge is 0.231 e. The van der Waals surface area contributed by atoms with E-state index in [-0.39, 0.29) is 6.04 Å². The standard InChI is InChI=1S/C19H22N4O2S/c20-14-19(10-5-11-19)26(24,25)22-17-8-4-9-18-16(17)12-21-23(18)13-15-6-2-1-3-7-15/h1-3,6-7,12,17,22H,4-5,8-11,13H2. The molecule has 1 heterocycles. The lowest BCUT2D eigenvalue weighted by molar-refractivity contribution is 0.392. The number of benzene rings is 1. The third kappa shape index (κ3) is 2.83. The van der Waals surface area contributed by atoms with Gasteiger partial charge in [-0.25, -0.2) is 13.1 Å². The highest BCUT2D eigenvalue weighted by Crippen LogP contribution is 2.40. The summed E-state index contributed by atoms with van der Waals surface area (Å²) >= 11 is 0. The van der Waals surface area contributed by atoms with Crippen molar-refractivity contribution in [2.24, 2.45) is 0 Å². The molecule has 1 unspecified atom stereocenters. The van der Waals surface area contributed by atoms with E-state index in [9.17, 15) is 13.7 Å². The Morgan fingerprint density at radius 1 is 1.27 bits per heavy atom. The van der Waals surface area contributed by atoms with Crippen molar-refractivity contribution in [3.05, 3.63) is 53.3 Å². The van der Waals surface area contributed by atoms with Gasteiger partial charge in [-0.15, -0.1) is 0 Å². The molecule has 0 aliphatic heterocycles. The maximum absolute atomic E-state index is 12.8. The summed E-state index contributed by atoms with van der Waals surface area (Å²) in [4.78, 5) is 0. The van der Waals surface area contributed by atoms with Crippen LogP contribution < -0.4 is 4.72 Å². The normalized spacial score (nSPS) is 21.4. The number of fused-ring (bicyclic) bond motifs is 1. The molecule has 7 heteroatoms. The van der Waals surface area contributed by atoms with Crippen molar-refractivity contribution >= 4 is 10.0 Å². The van der Waals surface area contributed by atoms with Gasteiger partial charge in [0.25, 0.3) is 0 Å². The molecule has 1 aromatic heterocycles. The molecule has 1 saturated carbocycles. The van der Waals surface area contributed by atoms with Crippen molar-refractivity contribution in [1.82, 2.24) is 14.5 Å². The van der Waals surface area contributed by atoms with Gasteiger partial charge in [0.15, 0.2) is 4.75 Å². The summed E-state index contributed by atoms with van der Waals surface area (Å²) in [5.74, 6) is 0. The minimum atomic E-state index is -3.68. The lowest BCUT2D eigenvalue weighted by atomic mass is 9.86. The minimum absolute atomic E-state index is 0.293. The molecule has 0 spiro atoms. The number of sulfonamides is 1. The maximum atomic E-state index is 12.8. The first-order valence-corrected chi connectivity index (χ1v) is 10.5. The van der Waals surface area contributed by atoms with Gasteiger partial charge in [0.1, 0.15) is 0 Å². The summed E-state index contributed by atoms with van der Waals surface area (Å²) < 4.78 is 29.1. The molecule has 2 aromatic rings. The SMILES string of the molecule is N#CC1(S(=O)(=O)NC2CCCc3c2cnn3Cc2ccccc2)CCC1. The third-order valence-electron chi connectivity index (χ3n) is 5.61. The van der Waals surface area contributed by atoms with E-state index in [2.05, 4.69) is 22.0 Å². The molecular weight excluding hydrogens is 348 g/mol. The average Bonchev–Trinajstić information content (AvgIpc) is 2.99. The zero-order valence-corrected chi connectivity index (χ0v) is 15.4. The molecule has 4 rings (SSSR count). The molecule has 26 heavy (non-hydrogen) atoms. The Kier molecular flexibility index (Phi) is 4.33. The molecule has 2 aliphatic rings. The van der Waals surface area contributed by atoms with E-state index in [4.69, 9.17) is 0 Å². The quantitative estimate of drug-likeness (QED) is 0.876. The van der Waals surface area contributed by atoms with E-state index in [0.717, 1.165) is 36.9 Å². The number of nitrogens with zero attached hydrogens (tertiary/aromatic N) is 3. The molecule has 0 radical (unpaired) electrons. The Bertz CT molecular complexity index is 940. The van der Waals surface area contributed by atoms with Gasteiger partial charge in [-0.05, 0) is 44.1 Å². The Morgan fingerprint density at radius 2 is 2.04 bits per heavy atom. The van der Waals surface area contributed by atoms with Gasteiger partial charge in [-0.1, -0.05) is 30.3 Å². The Morgan fingerprint density at radius 3 is 2.69 bits per heavy atom. The van der Waals surface area contributed by atoms with E-state index >= 15 is 0 Å². The van der Waals surface area contributed by atoms with Crippen LogP contribution in [-0.4, -0.2) is 22.9 Å². The fourth-order valence-corrected chi connectivity index (χ4v) is 5.66. The topological polar surface area (TPSA) is 87.8 Å². The zero-order valence-electron chi connectivity index (χ0n) is 14.6. The van der Waals surface area contributed by atoms with Crippen LogP contribution in [0.25, 0.3) is 0 Å². The Balaban J connectivity index is 1.58. The van der Waals surface area contributed by atoms with Gasteiger partial charge in [-0.2, -0.15) is 10.4 Å². The summed E-state index contributed by atoms with van der Waals surface area (Å²) in [6.07, 6.45) is 5.95. The summed E-state index contributed by atoms with van der Waals surface area (Å²) in [5, 5.41) is 13.9. The number of hydrogen-bond donors (Lipinski definition) is 1. The number of aromatic nitrogens is 2. The minimum Gasteiger partial charge on any atom is -0.265 e. The van der Waals surface area contributed by atoms with Crippen LogP contribution >= 0.6 is 0 Å². The number of hydrogen-bond acceptors (Lipinski definition) is 4. The van der Waals surface area contributed by atoms with E-state index in [1.807, 2.05) is 29.0 Å². The molecule has 0 bridgehead atoms. The lowest BCUT2D eigenvalue weighted by Gasteiger charge is -2.36. The highest BCUT2D eigenvalue weighted by Gasteiger charge is 2.50. The van der Waals surface area contributed by atoms with Gasteiger partial charge < -0.3 is 0 Å². The zero-order chi connectivity index (χ0) is 18.2. The Labute approximate surface area is 153 Å². The summed E-state index contributed by atoms with van der Waals surface area (Å²) in [6.45, 7) is 0.678. The number of rotatable bonds is 5. The molecule has 1 aromatic carbocycles. The van der Waals surface area contributed by atoms with Gasteiger partial charge >= 0.3 is 0 Å². The average molecular weight is 370 g/mol. The second-order valence-electron chi connectivity index (χ2n) is 7.22. The second-order valence-corrected chi connectivity index (χ2v) is 9.24. The van der Waals surface area contributed by atoms with Gasteiger partial charge in [0.05, 0.1) is 24.9 Å². The number of nitrogens with one attached hydrogen (secondary N) is 1. The molecule has 1 fully saturated rings. The maximum Gasteiger partial charge on any atom is 0.231 e. The van der Waals surface area contributed by atoms with E-state index in [1.165, 1.54) is 5.56 Å². The van der Waals surface area contributed by atoms with Crippen molar-refractivity contribution in [3.63, 3.8) is 0 Å². The molecular formula is C19H22N4O2S. The van der Waals surface area contributed by atoms with Crippen LogP contribution in [-0.2, 0) is 23.0 Å². The first-order chi connectivity index (χ1) is 12.5. The fourth-order valence-electron chi connectivity index (χ4n) is 3.87. The van der Waals surface area contributed by atoms with Crippen LogP contribution in [0.2, 0.25) is 0 Å². The first kappa shape index (κ1) is 17.3. The predicted octanol–water partition coefficient (Wildman–Crippen LogP) is 2.67. The van der Waals surface area contributed by atoms with Crippen LogP contribution in [0.1, 0.15) is 55.0 Å². The highest BCUT2D eigenvalue weighted by molar-refractivity contribution is 7.91. The molecule has 1 atom stereocenters. The highest BCUT2D eigenvalue weighted by atomic mass is 32.2. The van der Waals surface area contributed by atoms with Crippen molar-refractivity contribution < 1.29 is 8.42 Å². The second kappa shape index (κ2) is 6.53. The van der Waals surface area contributed by atoms with Crippen molar-refractivity contribution in [2.45, 2.75) is 55.9 Å². The van der Waals surface area contributed by atoms with Gasteiger partial charge in [-0.3, -0.25) is 4.68 Å². The molecule has 1 N–H and O–H groups in total. The molecule has 0 amide bonds. The van der Waals surface area contributed by atoms with Crippen LogP contribution in [0, 0.1) is 11.3 Å². The van der Waals surface area contributed by atoms with Gasteiger partial charge in [0, 0.05) is 11.3 Å². The van der Waals surface area contributed by atoms with Crippen LogP contribution in [0.3, 0.4) is 0 Å². The van der Waals surface area contributed by atoms with Crippen LogP contribution in [0.5, 0.6) is 0 Å². The largest absolute Gasteiger partial charge is 0.265 e. The molecule has 0 saturated heterocycles. The monoisotopic (exact) mass is 370 g/mol. The van der Waals surface area contributed by atoms with E-state index in [1.54, 1.807) is 6.20 Å². The first-order valence-electron chi connectivity index (χ1n) is 9.06.